The minimum absolute atomic E-state index is 0.0368. The highest BCUT2D eigenvalue weighted by Gasteiger charge is 2.40. The van der Waals surface area contributed by atoms with Crippen LogP contribution in [0.2, 0.25) is 0 Å². The molecule has 4 heterocycles. The quantitative estimate of drug-likeness (QED) is 0.314. The van der Waals surface area contributed by atoms with E-state index in [0.717, 1.165) is 6.20 Å². The maximum absolute atomic E-state index is 14.4. The number of hydrogen-bond acceptors (Lipinski definition) is 9. The molecule has 1 aromatic carbocycles. The number of nitrogens with zero attached hydrogens (tertiary/aromatic N) is 6. The van der Waals surface area contributed by atoms with Gasteiger partial charge in [-0.1, -0.05) is 0 Å². The summed E-state index contributed by atoms with van der Waals surface area (Å²) in [6.07, 6.45) is -3.62. The third-order valence-corrected chi connectivity index (χ3v) is 7.91. The fourth-order valence-electron chi connectivity index (χ4n) is 5.69. The van der Waals surface area contributed by atoms with Gasteiger partial charge in [-0.15, -0.1) is 0 Å². The highest BCUT2D eigenvalue weighted by atomic mass is 19.4. The molecule has 1 aliphatic heterocycles. The molecule has 3 aromatic heterocycles. The predicted octanol–water partition coefficient (Wildman–Crippen LogP) is 4.02. The molecular weight excluding hydrogens is 581 g/mol. The summed E-state index contributed by atoms with van der Waals surface area (Å²) in [4.78, 5) is 26.3. The van der Waals surface area contributed by atoms with Crippen LogP contribution in [-0.4, -0.2) is 94.0 Å². The van der Waals surface area contributed by atoms with Gasteiger partial charge in [-0.3, -0.25) is 9.69 Å². The lowest BCUT2D eigenvalue weighted by Crippen LogP contribution is -2.55. The molecule has 1 fully saturated rings. The van der Waals surface area contributed by atoms with Gasteiger partial charge in [0.1, 0.15) is 11.3 Å². The van der Waals surface area contributed by atoms with Crippen molar-refractivity contribution in [2.24, 2.45) is 0 Å². The van der Waals surface area contributed by atoms with Crippen LogP contribution < -0.4 is 14.2 Å². The van der Waals surface area contributed by atoms with Crippen LogP contribution in [0.3, 0.4) is 0 Å². The Morgan fingerprint density at radius 1 is 1.05 bits per heavy atom. The van der Waals surface area contributed by atoms with Gasteiger partial charge in [0.15, 0.2) is 11.3 Å². The Hall–Kier alpha value is -4.43. The Morgan fingerprint density at radius 2 is 1.77 bits per heavy atom. The van der Waals surface area contributed by atoms with Crippen molar-refractivity contribution in [1.82, 2.24) is 29.4 Å². The topological polar surface area (TPSA) is 115 Å². The number of aliphatic hydroxyl groups excluding tert-OH is 1. The second-order valence-corrected chi connectivity index (χ2v) is 10.4. The highest BCUT2D eigenvalue weighted by Crippen LogP contribution is 2.37. The van der Waals surface area contributed by atoms with Gasteiger partial charge in [0.25, 0.3) is 5.91 Å². The number of carbonyl (C=O) groups is 1. The molecule has 5 rings (SSSR count). The van der Waals surface area contributed by atoms with E-state index in [-0.39, 0.29) is 41.7 Å². The number of aliphatic hydroxyl groups is 1. The number of rotatable bonds is 8. The van der Waals surface area contributed by atoms with E-state index >= 15 is 0 Å². The molecule has 0 saturated carbocycles. The second-order valence-electron chi connectivity index (χ2n) is 10.4. The monoisotopic (exact) mass is 614 g/mol. The zero-order chi connectivity index (χ0) is 31.8. The molecule has 0 aliphatic carbocycles. The molecule has 14 heteroatoms. The van der Waals surface area contributed by atoms with Crippen molar-refractivity contribution in [3.63, 3.8) is 0 Å². The molecule has 44 heavy (non-hydrogen) atoms. The smallest absolute Gasteiger partial charge is 0.433 e. The van der Waals surface area contributed by atoms with Crippen LogP contribution in [0.4, 0.5) is 13.2 Å². The molecule has 0 radical (unpaired) electrons. The number of piperazine rings is 1. The number of alkyl halides is 3. The van der Waals surface area contributed by atoms with E-state index in [4.69, 9.17) is 14.2 Å². The van der Waals surface area contributed by atoms with Gasteiger partial charge < -0.3 is 24.2 Å². The highest BCUT2D eigenvalue weighted by molar-refractivity contribution is 6.00. The number of pyridine rings is 1. The molecule has 0 unspecified atom stereocenters. The van der Waals surface area contributed by atoms with Crippen molar-refractivity contribution >= 4 is 11.6 Å². The van der Waals surface area contributed by atoms with Crippen molar-refractivity contribution in [1.29, 1.82) is 0 Å². The predicted molar refractivity (Wildman–Crippen MR) is 154 cm³/mol. The van der Waals surface area contributed by atoms with Crippen LogP contribution in [-0.2, 0) is 6.18 Å². The van der Waals surface area contributed by atoms with Crippen LogP contribution in [0.15, 0.2) is 42.6 Å². The van der Waals surface area contributed by atoms with Crippen molar-refractivity contribution in [3.8, 4) is 28.8 Å². The summed E-state index contributed by atoms with van der Waals surface area (Å²) in [5.41, 5.74) is -0.142. The molecule has 1 aliphatic rings. The van der Waals surface area contributed by atoms with Gasteiger partial charge in [-0.2, -0.15) is 23.3 Å². The number of methoxy groups -OCH3 is 3. The van der Waals surface area contributed by atoms with E-state index in [0.29, 0.717) is 46.2 Å². The fraction of sp³-hybridized carbons (Fsp3) is 0.400. The summed E-state index contributed by atoms with van der Waals surface area (Å²) in [6.45, 7) is 3.97. The molecule has 1 saturated heterocycles. The first-order chi connectivity index (χ1) is 21.0. The molecule has 0 bridgehead atoms. The first-order valence-corrected chi connectivity index (χ1v) is 13.9. The first kappa shape index (κ1) is 31.0. The molecule has 1 N–H and O–H groups in total. The summed E-state index contributed by atoms with van der Waals surface area (Å²) in [5.74, 6) is 0.742. The third-order valence-electron chi connectivity index (χ3n) is 7.91. The zero-order valence-electron chi connectivity index (χ0n) is 24.9. The van der Waals surface area contributed by atoms with E-state index in [1.807, 2.05) is 11.8 Å². The number of benzene rings is 1. The largest absolute Gasteiger partial charge is 0.497 e. The fourth-order valence-corrected chi connectivity index (χ4v) is 5.69. The van der Waals surface area contributed by atoms with Crippen LogP contribution in [0.5, 0.6) is 17.5 Å². The van der Waals surface area contributed by atoms with Gasteiger partial charge >= 0.3 is 6.18 Å². The SMILES string of the molecule is COc1ccc(-c2nc3c(C(=O)N4CCN([C@H](CO)c5ccc(OC)nc5OC)C[C@H]4C)cnn3c(C(F)(F)F)c2C)cc1. The average molecular weight is 615 g/mol. The van der Waals surface area contributed by atoms with Crippen molar-refractivity contribution in [2.75, 3.05) is 47.6 Å². The van der Waals surface area contributed by atoms with Crippen molar-refractivity contribution in [2.45, 2.75) is 32.1 Å². The van der Waals surface area contributed by atoms with E-state index in [2.05, 4.69) is 15.1 Å². The zero-order valence-corrected chi connectivity index (χ0v) is 24.9. The summed E-state index contributed by atoms with van der Waals surface area (Å²) >= 11 is 0. The molecule has 0 spiro atoms. The van der Waals surface area contributed by atoms with Crippen molar-refractivity contribution in [3.05, 3.63) is 65.0 Å². The number of halogens is 3. The van der Waals surface area contributed by atoms with Crippen LogP contribution in [0.25, 0.3) is 16.9 Å². The van der Waals surface area contributed by atoms with Crippen LogP contribution in [0, 0.1) is 6.92 Å². The number of amides is 1. The maximum atomic E-state index is 14.4. The van der Waals surface area contributed by atoms with Crippen LogP contribution in [0.1, 0.15) is 40.1 Å². The molecule has 2 atom stereocenters. The van der Waals surface area contributed by atoms with Gasteiger partial charge in [-0.25, -0.2) is 9.50 Å². The standard InChI is InChI=1S/C30H33F3N6O5/c1-17-15-37(23(16-40)21-10-11-24(43-4)35-28(21)44-5)12-13-38(17)29(41)22-14-34-39-26(30(31,32)33)18(2)25(36-27(22)39)19-6-8-20(42-3)9-7-19/h6-11,14,17,23,40H,12-13,15-16H2,1-5H3/t17-,23-/m1/s1. The lowest BCUT2D eigenvalue weighted by atomic mass is 10.0. The van der Waals surface area contributed by atoms with E-state index < -0.39 is 23.8 Å². The number of hydrogen-bond donors (Lipinski definition) is 1. The Balaban J connectivity index is 1.47. The second kappa shape index (κ2) is 12.3. The lowest BCUT2D eigenvalue weighted by Gasteiger charge is -2.43. The molecule has 1 amide bonds. The Kier molecular flexibility index (Phi) is 8.66. The van der Waals surface area contributed by atoms with Crippen LogP contribution >= 0.6 is 0 Å². The van der Waals surface area contributed by atoms with Crippen molar-refractivity contribution < 1.29 is 37.3 Å². The van der Waals surface area contributed by atoms with E-state index in [1.165, 1.54) is 28.3 Å². The summed E-state index contributed by atoms with van der Waals surface area (Å²) < 4.78 is 59.6. The average Bonchev–Trinajstić information content (AvgIpc) is 3.43. The Morgan fingerprint density at radius 3 is 2.36 bits per heavy atom. The summed E-state index contributed by atoms with van der Waals surface area (Å²) in [7, 11) is 4.47. The first-order valence-electron chi connectivity index (χ1n) is 13.9. The molecule has 234 valence electrons. The third kappa shape index (κ3) is 5.62. The lowest BCUT2D eigenvalue weighted by molar-refractivity contribution is -0.143. The van der Waals surface area contributed by atoms with Gasteiger partial charge in [0, 0.05) is 48.4 Å². The van der Waals surface area contributed by atoms with E-state index in [9.17, 15) is 23.1 Å². The maximum Gasteiger partial charge on any atom is 0.433 e. The summed E-state index contributed by atoms with van der Waals surface area (Å²) in [6, 6.07) is 9.14. The number of ether oxygens (including phenoxy) is 3. The Bertz CT molecular complexity index is 1660. The number of fused-ring (bicyclic) bond motifs is 1. The molecule has 11 nitrogen and oxygen atoms in total. The normalized spacial score (nSPS) is 16.7. The minimum atomic E-state index is -4.76. The summed E-state index contributed by atoms with van der Waals surface area (Å²) in [5, 5.41) is 14.3. The molecule has 4 aromatic rings. The minimum Gasteiger partial charge on any atom is -0.497 e. The molecular formula is C30H33F3N6O5. The van der Waals surface area contributed by atoms with Gasteiger partial charge in [0.2, 0.25) is 11.8 Å². The number of carbonyl (C=O) groups excluding carboxylic acids is 1. The van der Waals surface area contributed by atoms with Gasteiger partial charge in [-0.05, 0) is 44.2 Å². The van der Waals surface area contributed by atoms with E-state index in [1.54, 1.807) is 41.3 Å². The number of aromatic nitrogens is 4. The Labute approximate surface area is 251 Å². The van der Waals surface area contributed by atoms with Gasteiger partial charge in [0.05, 0.1) is 45.9 Å².